The maximum Gasteiger partial charge on any atom is 0.389 e. The van der Waals surface area contributed by atoms with Gasteiger partial charge in [0.15, 0.2) is 0 Å². The van der Waals surface area contributed by atoms with Gasteiger partial charge in [-0.3, -0.25) is 0 Å². The van der Waals surface area contributed by atoms with Crippen molar-refractivity contribution in [3.8, 4) is 0 Å². The molecule has 0 radical (unpaired) electrons. The predicted molar refractivity (Wildman–Crippen MR) is 48.7 cm³/mol. The molecule has 1 atom stereocenters. The van der Waals surface area contributed by atoms with E-state index in [2.05, 4.69) is 5.32 Å². The average molecular weight is 227 g/mol. The predicted octanol–water partition coefficient (Wildman–Crippen LogP) is 1.33. The Bertz CT molecular complexity index is 169. The molecule has 1 N–H and O–H groups in total. The van der Waals surface area contributed by atoms with E-state index in [-0.39, 0.29) is 19.1 Å². The Labute approximate surface area is 86.9 Å². The van der Waals surface area contributed by atoms with Gasteiger partial charge in [0.05, 0.1) is 19.3 Å². The van der Waals surface area contributed by atoms with Crippen LogP contribution in [0.15, 0.2) is 0 Å². The monoisotopic (exact) mass is 227 g/mol. The minimum atomic E-state index is -4.08. The number of nitrogens with one attached hydrogen (secondary N) is 1. The third-order valence-electron chi connectivity index (χ3n) is 2.06. The fraction of sp³-hybridized carbons (Fsp3) is 1.00. The molecule has 0 aromatic heterocycles. The Morgan fingerprint density at radius 3 is 2.80 bits per heavy atom. The molecule has 0 amide bonds. The molecule has 1 fully saturated rings. The van der Waals surface area contributed by atoms with Crippen molar-refractivity contribution in [3.05, 3.63) is 0 Å². The van der Waals surface area contributed by atoms with Crippen LogP contribution < -0.4 is 5.32 Å². The van der Waals surface area contributed by atoms with Crippen LogP contribution in [0.1, 0.15) is 12.8 Å². The van der Waals surface area contributed by atoms with Crippen LogP contribution in [0.2, 0.25) is 0 Å². The quantitative estimate of drug-likeness (QED) is 0.719. The molecule has 1 saturated heterocycles. The SMILES string of the molecule is FC(F)(F)CCCOCC1CNCCO1. The summed E-state index contributed by atoms with van der Waals surface area (Å²) in [5.74, 6) is 0. The molecule has 0 bridgehead atoms. The lowest BCUT2D eigenvalue weighted by molar-refractivity contribution is -0.138. The first kappa shape index (κ1) is 12.7. The second-order valence-electron chi connectivity index (χ2n) is 3.49. The van der Waals surface area contributed by atoms with Crippen LogP contribution in [-0.2, 0) is 9.47 Å². The Kier molecular flexibility index (Phi) is 5.35. The van der Waals surface area contributed by atoms with Crippen LogP contribution in [0.25, 0.3) is 0 Å². The van der Waals surface area contributed by atoms with E-state index >= 15 is 0 Å². The van der Waals surface area contributed by atoms with Crippen LogP contribution >= 0.6 is 0 Å². The molecule has 0 spiro atoms. The molecule has 1 rings (SSSR count). The largest absolute Gasteiger partial charge is 0.389 e. The van der Waals surface area contributed by atoms with E-state index in [1.54, 1.807) is 0 Å². The number of halogens is 3. The van der Waals surface area contributed by atoms with Gasteiger partial charge in [0.2, 0.25) is 0 Å². The first-order chi connectivity index (χ1) is 7.08. The number of hydrogen-bond acceptors (Lipinski definition) is 3. The molecule has 0 aromatic rings. The molecule has 15 heavy (non-hydrogen) atoms. The van der Waals surface area contributed by atoms with Crippen LogP contribution in [0.5, 0.6) is 0 Å². The van der Waals surface area contributed by atoms with Crippen molar-refractivity contribution in [2.45, 2.75) is 25.1 Å². The zero-order chi connectivity index (χ0) is 11.1. The molecule has 1 heterocycles. The van der Waals surface area contributed by atoms with Gasteiger partial charge >= 0.3 is 6.18 Å². The maximum atomic E-state index is 11.7. The molecular weight excluding hydrogens is 211 g/mol. The van der Waals surface area contributed by atoms with Gasteiger partial charge in [-0.2, -0.15) is 13.2 Å². The van der Waals surface area contributed by atoms with Crippen molar-refractivity contribution >= 4 is 0 Å². The van der Waals surface area contributed by atoms with Gasteiger partial charge in [0.25, 0.3) is 0 Å². The lowest BCUT2D eigenvalue weighted by atomic mass is 10.3. The summed E-state index contributed by atoms with van der Waals surface area (Å²) in [5.41, 5.74) is 0. The number of alkyl halides is 3. The lowest BCUT2D eigenvalue weighted by Gasteiger charge is -2.23. The van der Waals surface area contributed by atoms with E-state index in [0.29, 0.717) is 19.8 Å². The maximum absolute atomic E-state index is 11.7. The summed E-state index contributed by atoms with van der Waals surface area (Å²) in [5, 5.41) is 3.11. The summed E-state index contributed by atoms with van der Waals surface area (Å²) in [6.45, 7) is 2.67. The normalized spacial score (nSPS) is 23.0. The van der Waals surface area contributed by atoms with Gasteiger partial charge in [0, 0.05) is 26.1 Å². The highest BCUT2D eigenvalue weighted by Gasteiger charge is 2.26. The number of rotatable bonds is 5. The molecule has 0 aliphatic carbocycles. The van der Waals surface area contributed by atoms with Crippen LogP contribution in [-0.4, -0.2) is 45.2 Å². The molecule has 3 nitrogen and oxygen atoms in total. The molecule has 1 unspecified atom stereocenters. The van der Waals surface area contributed by atoms with Crippen LogP contribution in [0.4, 0.5) is 13.2 Å². The van der Waals surface area contributed by atoms with E-state index in [0.717, 1.165) is 6.54 Å². The fourth-order valence-corrected chi connectivity index (χ4v) is 1.32. The van der Waals surface area contributed by atoms with E-state index < -0.39 is 12.6 Å². The Balaban J connectivity index is 1.92. The molecule has 90 valence electrons. The highest BCUT2D eigenvalue weighted by molar-refractivity contribution is 4.65. The summed E-state index contributed by atoms with van der Waals surface area (Å²) >= 11 is 0. The van der Waals surface area contributed by atoms with Crippen molar-refractivity contribution in [1.29, 1.82) is 0 Å². The minimum Gasteiger partial charge on any atom is -0.379 e. The number of morpholine rings is 1. The Hall–Kier alpha value is -0.330. The molecule has 1 aliphatic rings. The van der Waals surface area contributed by atoms with Crippen molar-refractivity contribution in [2.75, 3.05) is 32.9 Å². The van der Waals surface area contributed by atoms with Gasteiger partial charge in [0.1, 0.15) is 0 Å². The summed E-state index contributed by atoms with van der Waals surface area (Å²) in [4.78, 5) is 0. The zero-order valence-corrected chi connectivity index (χ0v) is 8.48. The van der Waals surface area contributed by atoms with Gasteiger partial charge in [-0.25, -0.2) is 0 Å². The standard InChI is InChI=1S/C9H16F3NO2/c10-9(11,12)2-1-4-14-7-8-6-13-3-5-15-8/h8,13H,1-7H2. The number of hydrogen-bond donors (Lipinski definition) is 1. The summed E-state index contributed by atoms with van der Waals surface area (Å²) in [7, 11) is 0. The third kappa shape index (κ3) is 6.70. The number of ether oxygens (including phenoxy) is 2. The summed E-state index contributed by atoms with van der Waals surface area (Å²) in [6.07, 6.45) is -4.86. The van der Waals surface area contributed by atoms with Crippen molar-refractivity contribution in [3.63, 3.8) is 0 Å². The molecular formula is C9H16F3NO2. The molecule has 0 saturated carbocycles. The fourth-order valence-electron chi connectivity index (χ4n) is 1.32. The second kappa shape index (κ2) is 6.30. The van der Waals surface area contributed by atoms with Crippen molar-refractivity contribution in [2.24, 2.45) is 0 Å². The van der Waals surface area contributed by atoms with E-state index in [4.69, 9.17) is 9.47 Å². The van der Waals surface area contributed by atoms with Crippen molar-refractivity contribution < 1.29 is 22.6 Å². The topological polar surface area (TPSA) is 30.5 Å². The highest BCUT2D eigenvalue weighted by Crippen LogP contribution is 2.20. The zero-order valence-electron chi connectivity index (χ0n) is 8.48. The van der Waals surface area contributed by atoms with E-state index in [1.807, 2.05) is 0 Å². The summed E-state index contributed by atoms with van der Waals surface area (Å²) in [6, 6.07) is 0. The third-order valence-corrected chi connectivity index (χ3v) is 2.06. The molecule has 0 aromatic carbocycles. The first-order valence-corrected chi connectivity index (χ1v) is 5.05. The minimum absolute atomic E-state index is 0.0175. The van der Waals surface area contributed by atoms with Crippen molar-refractivity contribution in [1.82, 2.24) is 5.32 Å². The van der Waals surface area contributed by atoms with Crippen LogP contribution in [0, 0.1) is 0 Å². The van der Waals surface area contributed by atoms with Gasteiger partial charge in [-0.15, -0.1) is 0 Å². The highest BCUT2D eigenvalue weighted by atomic mass is 19.4. The Morgan fingerprint density at radius 1 is 1.40 bits per heavy atom. The Morgan fingerprint density at radius 2 is 2.20 bits per heavy atom. The van der Waals surface area contributed by atoms with Gasteiger partial charge in [-0.05, 0) is 6.42 Å². The second-order valence-corrected chi connectivity index (χ2v) is 3.49. The molecule has 6 heteroatoms. The van der Waals surface area contributed by atoms with E-state index in [9.17, 15) is 13.2 Å². The van der Waals surface area contributed by atoms with Gasteiger partial charge < -0.3 is 14.8 Å². The van der Waals surface area contributed by atoms with Gasteiger partial charge in [-0.1, -0.05) is 0 Å². The first-order valence-electron chi connectivity index (χ1n) is 5.05. The molecule has 1 aliphatic heterocycles. The average Bonchev–Trinajstić information content (AvgIpc) is 2.17. The lowest BCUT2D eigenvalue weighted by Crippen LogP contribution is -2.41. The summed E-state index contributed by atoms with van der Waals surface area (Å²) < 4.78 is 45.7. The van der Waals surface area contributed by atoms with Crippen LogP contribution in [0.3, 0.4) is 0 Å². The smallest absolute Gasteiger partial charge is 0.379 e. The van der Waals surface area contributed by atoms with E-state index in [1.165, 1.54) is 0 Å².